The van der Waals surface area contributed by atoms with Gasteiger partial charge in [-0.1, -0.05) is 6.07 Å². The summed E-state index contributed by atoms with van der Waals surface area (Å²) >= 11 is 1.66. The molecule has 0 bridgehead atoms. The minimum atomic E-state index is -2.86. The maximum absolute atomic E-state index is 11.5. The zero-order chi connectivity index (χ0) is 12.3. The Labute approximate surface area is 106 Å². The summed E-state index contributed by atoms with van der Waals surface area (Å²) in [5.41, 5.74) is 0. The van der Waals surface area contributed by atoms with Crippen LogP contribution in [0.15, 0.2) is 17.5 Å². The van der Waals surface area contributed by atoms with E-state index in [1.165, 1.54) is 4.88 Å². The summed E-state index contributed by atoms with van der Waals surface area (Å²) in [5.74, 6) is 0.516. The van der Waals surface area contributed by atoms with Crippen molar-refractivity contribution in [3.05, 3.63) is 22.4 Å². The van der Waals surface area contributed by atoms with Gasteiger partial charge in [-0.05, 0) is 17.9 Å². The van der Waals surface area contributed by atoms with Gasteiger partial charge in [-0.15, -0.1) is 11.3 Å². The first-order chi connectivity index (χ1) is 8.11. The molecule has 2 heterocycles. The molecule has 1 fully saturated rings. The largest absolute Gasteiger partial charge is 0.395 e. The summed E-state index contributed by atoms with van der Waals surface area (Å²) < 4.78 is 22.9. The Kier molecular flexibility index (Phi) is 4.19. The molecule has 0 saturated carbocycles. The number of aliphatic hydroxyl groups excluding tert-OH is 1. The van der Waals surface area contributed by atoms with Crippen molar-refractivity contribution in [2.45, 2.75) is 19.0 Å². The topological polar surface area (TPSA) is 57.6 Å². The molecule has 0 aromatic carbocycles. The summed E-state index contributed by atoms with van der Waals surface area (Å²) in [6.07, 6.45) is 0.688. The Bertz CT molecular complexity index is 441. The van der Waals surface area contributed by atoms with Gasteiger partial charge in [0.05, 0.1) is 18.1 Å². The first kappa shape index (κ1) is 13.0. The number of hydrogen-bond donors (Lipinski definition) is 1. The number of nitrogens with zero attached hydrogens (tertiary/aromatic N) is 1. The standard InChI is InChI=1S/C11H17NO3S2/c13-5-4-12(8-11-2-1-6-16-11)10-3-7-17(14,15)9-10/h1-2,6,10,13H,3-5,7-9H2. The Morgan fingerprint density at radius 3 is 2.88 bits per heavy atom. The molecule has 17 heavy (non-hydrogen) atoms. The van der Waals surface area contributed by atoms with Crippen molar-refractivity contribution in [3.63, 3.8) is 0 Å². The predicted molar refractivity (Wildman–Crippen MR) is 68.9 cm³/mol. The van der Waals surface area contributed by atoms with Gasteiger partial charge in [-0.25, -0.2) is 8.42 Å². The molecule has 96 valence electrons. The van der Waals surface area contributed by atoms with Gasteiger partial charge in [0, 0.05) is 24.0 Å². The average Bonchev–Trinajstić information content (AvgIpc) is 2.87. The molecule has 0 spiro atoms. The van der Waals surface area contributed by atoms with E-state index in [0.717, 1.165) is 6.54 Å². The zero-order valence-corrected chi connectivity index (χ0v) is 11.2. The Hall–Kier alpha value is -0.430. The lowest BCUT2D eigenvalue weighted by Crippen LogP contribution is -2.37. The molecule has 1 unspecified atom stereocenters. The lowest BCUT2D eigenvalue weighted by molar-refractivity contribution is 0.155. The van der Waals surface area contributed by atoms with Crippen LogP contribution in [-0.2, 0) is 16.4 Å². The van der Waals surface area contributed by atoms with Crippen LogP contribution in [0.4, 0.5) is 0 Å². The molecular formula is C11H17NO3S2. The van der Waals surface area contributed by atoms with E-state index in [-0.39, 0.29) is 24.2 Å². The van der Waals surface area contributed by atoms with Crippen molar-refractivity contribution in [3.8, 4) is 0 Å². The quantitative estimate of drug-likeness (QED) is 0.860. The Balaban J connectivity index is 2.02. The van der Waals surface area contributed by atoms with Gasteiger partial charge in [-0.2, -0.15) is 0 Å². The first-order valence-corrected chi connectivity index (χ1v) is 8.38. The fourth-order valence-electron chi connectivity index (χ4n) is 2.19. The second-order valence-corrected chi connectivity index (χ2v) is 7.59. The van der Waals surface area contributed by atoms with Gasteiger partial charge >= 0.3 is 0 Å². The molecule has 1 aliphatic heterocycles. The van der Waals surface area contributed by atoms with Crippen molar-refractivity contribution in [2.24, 2.45) is 0 Å². The van der Waals surface area contributed by atoms with Gasteiger partial charge in [0.1, 0.15) is 0 Å². The molecule has 6 heteroatoms. The van der Waals surface area contributed by atoms with Crippen LogP contribution in [0.5, 0.6) is 0 Å². The zero-order valence-electron chi connectivity index (χ0n) is 9.58. The second-order valence-electron chi connectivity index (χ2n) is 4.33. The molecule has 0 aliphatic carbocycles. The molecule has 1 aromatic heterocycles. The highest BCUT2D eigenvalue weighted by atomic mass is 32.2. The molecule has 0 amide bonds. The maximum atomic E-state index is 11.5. The van der Waals surface area contributed by atoms with Crippen LogP contribution >= 0.6 is 11.3 Å². The fraction of sp³-hybridized carbons (Fsp3) is 0.636. The van der Waals surface area contributed by atoms with E-state index in [0.29, 0.717) is 13.0 Å². The highest BCUT2D eigenvalue weighted by Crippen LogP contribution is 2.21. The number of rotatable bonds is 5. The summed E-state index contributed by atoms with van der Waals surface area (Å²) in [6.45, 7) is 1.35. The van der Waals surface area contributed by atoms with Crippen LogP contribution in [0.25, 0.3) is 0 Å². The highest BCUT2D eigenvalue weighted by Gasteiger charge is 2.31. The van der Waals surface area contributed by atoms with Gasteiger partial charge in [0.25, 0.3) is 0 Å². The lowest BCUT2D eigenvalue weighted by Gasteiger charge is -2.26. The van der Waals surface area contributed by atoms with E-state index < -0.39 is 9.84 Å². The van der Waals surface area contributed by atoms with E-state index in [2.05, 4.69) is 4.90 Å². The van der Waals surface area contributed by atoms with Crippen molar-refractivity contribution < 1.29 is 13.5 Å². The third-order valence-corrected chi connectivity index (χ3v) is 5.66. The van der Waals surface area contributed by atoms with E-state index in [4.69, 9.17) is 5.11 Å². The lowest BCUT2D eigenvalue weighted by atomic mass is 10.2. The predicted octanol–water partition coefficient (Wildman–Crippen LogP) is 0.729. The normalized spacial score (nSPS) is 23.3. The molecule has 0 radical (unpaired) electrons. The van der Waals surface area contributed by atoms with Gasteiger partial charge in [0.2, 0.25) is 0 Å². The monoisotopic (exact) mass is 275 g/mol. The molecule has 1 atom stereocenters. The van der Waals surface area contributed by atoms with Crippen LogP contribution in [-0.4, -0.2) is 49.1 Å². The highest BCUT2D eigenvalue weighted by molar-refractivity contribution is 7.91. The van der Waals surface area contributed by atoms with Crippen LogP contribution in [0.1, 0.15) is 11.3 Å². The number of thiophene rings is 1. The van der Waals surface area contributed by atoms with Crippen molar-refractivity contribution in [2.75, 3.05) is 24.7 Å². The second kappa shape index (κ2) is 5.48. The van der Waals surface area contributed by atoms with E-state index in [1.807, 2.05) is 17.5 Å². The Morgan fingerprint density at radius 1 is 1.53 bits per heavy atom. The van der Waals surface area contributed by atoms with Gasteiger partial charge in [-0.3, -0.25) is 4.90 Å². The molecule has 1 N–H and O–H groups in total. The molecule has 1 saturated heterocycles. The van der Waals surface area contributed by atoms with E-state index in [1.54, 1.807) is 11.3 Å². The third-order valence-electron chi connectivity index (χ3n) is 3.05. The summed E-state index contributed by atoms with van der Waals surface area (Å²) in [6, 6.07) is 4.09. The SMILES string of the molecule is O=S1(=O)CCC(N(CCO)Cc2cccs2)C1. The van der Waals surface area contributed by atoms with Crippen molar-refractivity contribution in [1.29, 1.82) is 0 Å². The van der Waals surface area contributed by atoms with Crippen LogP contribution in [0.3, 0.4) is 0 Å². The first-order valence-electron chi connectivity index (χ1n) is 5.68. The maximum Gasteiger partial charge on any atom is 0.151 e. The van der Waals surface area contributed by atoms with Crippen molar-refractivity contribution >= 4 is 21.2 Å². The molecule has 1 aromatic rings. The number of sulfone groups is 1. The summed E-state index contributed by atoms with van der Waals surface area (Å²) in [7, 11) is -2.86. The average molecular weight is 275 g/mol. The minimum Gasteiger partial charge on any atom is -0.395 e. The van der Waals surface area contributed by atoms with Crippen LogP contribution < -0.4 is 0 Å². The van der Waals surface area contributed by atoms with Crippen LogP contribution in [0.2, 0.25) is 0 Å². The van der Waals surface area contributed by atoms with Gasteiger partial charge < -0.3 is 5.11 Å². The molecule has 1 aliphatic rings. The van der Waals surface area contributed by atoms with Crippen LogP contribution in [0, 0.1) is 0 Å². The molecule has 4 nitrogen and oxygen atoms in total. The minimum absolute atomic E-state index is 0.0641. The van der Waals surface area contributed by atoms with Crippen molar-refractivity contribution in [1.82, 2.24) is 4.90 Å². The molecular weight excluding hydrogens is 258 g/mol. The number of hydrogen-bond acceptors (Lipinski definition) is 5. The smallest absolute Gasteiger partial charge is 0.151 e. The third kappa shape index (κ3) is 3.51. The molecule has 2 rings (SSSR count). The number of aliphatic hydroxyl groups is 1. The van der Waals surface area contributed by atoms with E-state index in [9.17, 15) is 8.42 Å². The fourth-order valence-corrected chi connectivity index (χ4v) is 4.68. The summed E-state index contributed by atoms with van der Waals surface area (Å²) in [5, 5.41) is 11.1. The van der Waals surface area contributed by atoms with Gasteiger partial charge in [0.15, 0.2) is 9.84 Å². The summed E-state index contributed by atoms with van der Waals surface area (Å²) in [4.78, 5) is 3.29. The van der Waals surface area contributed by atoms with E-state index >= 15 is 0 Å². The Morgan fingerprint density at radius 2 is 2.35 bits per heavy atom.